The molecule has 0 atom stereocenters. The number of rotatable bonds is 2. The minimum absolute atomic E-state index is 0.136. The van der Waals surface area contributed by atoms with Crippen molar-refractivity contribution in [3.63, 3.8) is 0 Å². The van der Waals surface area contributed by atoms with E-state index in [4.69, 9.17) is 9.63 Å². The molecule has 0 spiro atoms. The van der Waals surface area contributed by atoms with E-state index < -0.39 is 17.7 Å². The van der Waals surface area contributed by atoms with Crippen LogP contribution < -0.4 is 0 Å². The van der Waals surface area contributed by atoms with E-state index in [2.05, 4.69) is 10.1 Å². The van der Waals surface area contributed by atoms with Gasteiger partial charge in [-0.1, -0.05) is 5.16 Å². The number of nitrogens with one attached hydrogen (secondary N) is 1. The van der Waals surface area contributed by atoms with Crippen LogP contribution in [0.1, 0.15) is 16.1 Å². The lowest BCUT2D eigenvalue weighted by Gasteiger charge is -2.05. The number of hydrogen-bond donors (Lipinski definition) is 2. The molecule has 0 saturated carbocycles. The highest BCUT2D eigenvalue weighted by Crippen LogP contribution is 2.33. The minimum Gasteiger partial charge on any atom is -0.476 e. The second kappa shape index (κ2) is 4.37. The van der Waals surface area contributed by atoms with Crippen LogP contribution in [0.4, 0.5) is 13.2 Å². The first-order valence-corrected chi connectivity index (χ1v) is 5.75. The summed E-state index contributed by atoms with van der Waals surface area (Å²) in [6.45, 7) is 0. The molecular weight excluding hydrogens is 289 g/mol. The van der Waals surface area contributed by atoms with Crippen LogP contribution in [0, 0.1) is 0 Å². The normalized spacial score (nSPS) is 12.0. The Balaban J connectivity index is 2.06. The van der Waals surface area contributed by atoms with Gasteiger partial charge in [-0.3, -0.25) is 0 Å². The molecule has 3 aromatic rings. The zero-order valence-corrected chi connectivity index (χ0v) is 10.2. The first kappa shape index (κ1) is 13.2. The van der Waals surface area contributed by atoms with E-state index in [-0.39, 0.29) is 11.5 Å². The van der Waals surface area contributed by atoms with Gasteiger partial charge in [0.1, 0.15) is 0 Å². The molecule has 0 fully saturated rings. The number of aromatic carboxylic acids is 1. The summed E-state index contributed by atoms with van der Waals surface area (Å²) >= 11 is 0. The molecule has 108 valence electrons. The molecule has 5 nitrogen and oxygen atoms in total. The summed E-state index contributed by atoms with van der Waals surface area (Å²) in [5, 5.41) is 12.4. The number of carboxylic acid groups (broad SMARTS) is 1. The number of fused-ring (bicyclic) bond motifs is 1. The molecule has 0 bridgehead atoms. The number of H-pyrrole nitrogens is 1. The molecular formula is C13H7F3N2O3. The molecule has 0 radical (unpaired) electrons. The molecule has 1 aromatic carbocycles. The summed E-state index contributed by atoms with van der Waals surface area (Å²) < 4.78 is 42.8. The van der Waals surface area contributed by atoms with E-state index in [0.717, 1.165) is 12.1 Å². The minimum atomic E-state index is -4.42. The van der Waals surface area contributed by atoms with Crippen molar-refractivity contribution in [2.75, 3.05) is 0 Å². The highest BCUT2D eigenvalue weighted by Gasteiger charge is 2.30. The zero-order valence-electron chi connectivity index (χ0n) is 10.2. The lowest BCUT2D eigenvalue weighted by molar-refractivity contribution is -0.137. The van der Waals surface area contributed by atoms with Gasteiger partial charge >= 0.3 is 12.1 Å². The van der Waals surface area contributed by atoms with Crippen LogP contribution in [0.15, 0.2) is 34.9 Å². The number of aromatic nitrogens is 2. The lowest BCUT2D eigenvalue weighted by atomic mass is 10.1. The number of hydrogen-bond acceptors (Lipinski definition) is 3. The molecule has 21 heavy (non-hydrogen) atoms. The van der Waals surface area contributed by atoms with Gasteiger partial charge in [0, 0.05) is 17.0 Å². The topological polar surface area (TPSA) is 79.1 Å². The number of aromatic amines is 1. The summed E-state index contributed by atoms with van der Waals surface area (Å²) in [5.74, 6) is -1.11. The SMILES string of the molecule is O=C(O)c1cc(-c2cc3cc(C(F)(F)F)ccc3[nH]2)on1. The molecule has 2 N–H and O–H groups in total. The van der Waals surface area contributed by atoms with Crippen LogP contribution in [0.3, 0.4) is 0 Å². The van der Waals surface area contributed by atoms with Crippen LogP contribution in [0.5, 0.6) is 0 Å². The smallest absolute Gasteiger partial charge is 0.416 e. The van der Waals surface area contributed by atoms with Gasteiger partial charge in [0.25, 0.3) is 0 Å². The average Bonchev–Trinajstić information content (AvgIpc) is 3.03. The predicted octanol–water partition coefficient (Wildman–Crippen LogP) is 3.54. The molecule has 2 aromatic heterocycles. The summed E-state index contributed by atoms with van der Waals surface area (Å²) in [7, 11) is 0. The Hall–Kier alpha value is -2.77. The summed E-state index contributed by atoms with van der Waals surface area (Å²) in [4.78, 5) is 13.6. The summed E-state index contributed by atoms with van der Waals surface area (Å²) in [6, 6.07) is 5.90. The van der Waals surface area contributed by atoms with Crippen LogP contribution >= 0.6 is 0 Å². The molecule has 0 unspecified atom stereocenters. The van der Waals surface area contributed by atoms with Crippen molar-refractivity contribution >= 4 is 16.9 Å². The average molecular weight is 296 g/mol. The van der Waals surface area contributed by atoms with Crippen LogP contribution in [-0.4, -0.2) is 21.2 Å². The Bertz CT molecular complexity index is 833. The lowest BCUT2D eigenvalue weighted by Crippen LogP contribution is -2.03. The number of carbonyl (C=O) groups is 1. The Morgan fingerprint density at radius 3 is 2.62 bits per heavy atom. The number of benzene rings is 1. The summed E-state index contributed by atoms with van der Waals surface area (Å²) in [5.41, 5.74) is -0.209. The quantitative estimate of drug-likeness (QED) is 0.758. The highest BCUT2D eigenvalue weighted by atomic mass is 19.4. The molecule has 0 aliphatic carbocycles. The first-order valence-electron chi connectivity index (χ1n) is 5.75. The van der Waals surface area contributed by atoms with Gasteiger partial charge in [-0.15, -0.1) is 0 Å². The third-order valence-corrected chi connectivity index (χ3v) is 2.94. The van der Waals surface area contributed by atoms with Gasteiger partial charge in [-0.2, -0.15) is 13.2 Å². The number of carboxylic acids is 1. The number of halogens is 3. The summed E-state index contributed by atoms with van der Waals surface area (Å²) in [6.07, 6.45) is -4.42. The monoisotopic (exact) mass is 296 g/mol. The van der Waals surface area contributed by atoms with Crippen molar-refractivity contribution in [1.82, 2.24) is 10.1 Å². The van der Waals surface area contributed by atoms with Crippen LogP contribution in [0.2, 0.25) is 0 Å². The van der Waals surface area contributed by atoms with E-state index in [9.17, 15) is 18.0 Å². The van der Waals surface area contributed by atoms with Gasteiger partial charge in [0.15, 0.2) is 11.5 Å². The maximum atomic E-state index is 12.6. The molecule has 2 heterocycles. The molecule has 0 aliphatic heterocycles. The largest absolute Gasteiger partial charge is 0.476 e. The maximum Gasteiger partial charge on any atom is 0.416 e. The fraction of sp³-hybridized carbons (Fsp3) is 0.0769. The fourth-order valence-corrected chi connectivity index (χ4v) is 1.94. The van der Waals surface area contributed by atoms with Crippen LogP contribution in [0.25, 0.3) is 22.4 Å². The van der Waals surface area contributed by atoms with Crippen molar-refractivity contribution in [3.05, 3.63) is 41.6 Å². The van der Waals surface area contributed by atoms with Crippen molar-refractivity contribution in [2.45, 2.75) is 6.18 Å². The molecule has 0 amide bonds. The van der Waals surface area contributed by atoms with Gasteiger partial charge in [0.2, 0.25) is 0 Å². The van der Waals surface area contributed by atoms with Gasteiger partial charge < -0.3 is 14.6 Å². The Morgan fingerprint density at radius 1 is 1.24 bits per heavy atom. The maximum absolute atomic E-state index is 12.6. The molecule has 0 aliphatic rings. The van der Waals surface area contributed by atoms with Crippen molar-refractivity contribution in [3.8, 4) is 11.5 Å². The third kappa shape index (κ3) is 2.35. The van der Waals surface area contributed by atoms with E-state index in [1.54, 1.807) is 0 Å². The molecule has 0 saturated heterocycles. The van der Waals surface area contributed by atoms with Gasteiger partial charge in [-0.25, -0.2) is 4.79 Å². The van der Waals surface area contributed by atoms with E-state index in [0.29, 0.717) is 16.6 Å². The Morgan fingerprint density at radius 2 is 2.00 bits per heavy atom. The third-order valence-electron chi connectivity index (χ3n) is 2.94. The van der Waals surface area contributed by atoms with E-state index >= 15 is 0 Å². The van der Waals surface area contributed by atoms with Crippen LogP contribution in [-0.2, 0) is 6.18 Å². The van der Waals surface area contributed by atoms with E-state index in [1.807, 2.05) is 0 Å². The van der Waals surface area contributed by atoms with Crippen molar-refractivity contribution < 1.29 is 27.6 Å². The molecule has 8 heteroatoms. The van der Waals surface area contributed by atoms with Crippen molar-refractivity contribution in [2.24, 2.45) is 0 Å². The second-order valence-electron chi connectivity index (χ2n) is 4.36. The molecule has 3 rings (SSSR count). The van der Waals surface area contributed by atoms with E-state index in [1.165, 1.54) is 18.2 Å². The second-order valence-corrected chi connectivity index (χ2v) is 4.36. The standard InChI is InChI=1S/C13H7F3N2O3/c14-13(15,16)7-1-2-8-6(3-7)4-9(17-8)11-5-10(12(19)20)18-21-11/h1-5,17H,(H,19,20). The Kier molecular flexibility index (Phi) is 2.75. The zero-order chi connectivity index (χ0) is 15.2. The first-order chi connectivity index (χ1) is 9.84. The fourth-order valence-electron chi connectivity index (χ4n) is 1.94. The van der Waals surface area contributed by atoms with Gasteiger partial charge in [0.05, 0.1) is 11.3 Å². The van der Waals surface area contributed by atoms with Crippen molar-refractivity contribution in [1.29, 1.82) is 0 Å². The predicted molar refractivity (Wildman–Crippen MR) is 65.8 cm³/mol. The number of nitrogens with zero attached hydrogens (tertiary/aromatic N) is 1. The van der Waals surface area contributed by atoms with Gasteiger partial charge in [-0.05, 0) is 24.3 Å². The highest BCUT2D eigenvalue weighted by molar-refractivity contribution is 5.88. The number of alkyl halides is 3. The Labute approximate surface area is 115 Å².